The van der Waals surface area contributed by atoms with E-state index in [1.54, 1.807) is 48.6 Å². The minimum atomic E-state index is -0.208. The van der Waals surface area contributed by atoms with Crippen molar-refractivity contribution in [1.29, 1.82) is 0 Å². The van der Waals surface area contributed by atoms with Gasteiger partial charge in [0.05, 0.1) is 0 Å². The maximum atomic E-state index is 13.7. The van der Waals surface area contributed by atoms with Gasteiger partial charge in [0.2, 0.25) is 5.95 Å². The number of thiazole rings is 1. The molecule has 0 aliphatic carbocycles. The first-order valence-corrected chi connectivity index (χ1v) is 10.2. The standard InChI is InChI=1S/C20H21FN6OS/c1-14-3-4-15(12-17(14)21)11-16-13-24-19(29-16)25-20(28)27-9-7-26(8-10-27)18-22-5-2-6-23-18/h2-6,12-13H,7-11H2,1H3,(H,24,25,28). The fourth-order valence-corrected chi connectivity index (χ4v) is 3.97. The van der Waals surface area contributed by atoms with E-state index in [4.69, 9.17) is 0 Å². The molecular formula is C20H21FN6OS. The van der Waals surface area contributed by atoms with Crippen LogP contribution in [0.1, 0.15) is 16.0 Å². The first-order chi connectivity index (χ1) is 14.1. The lowest BCUT2D eigenvalue weighted by molar-refractivity contribution is 0.208. The van der Waals surface area contributed by atoms with Crippen molar-refractivity contribution >= 4 is 28.4 Å². The van der Waals surface area contributed by atoms with Gasteiger partial charge in [-0.25, -0.2) is 24.1 Å². The zero-order valence-electron chi connectivity index (χ0n) is 16.0. The molecule has 9 heteroatoms. The van der Waals surface area contributed by atoms with Crippen LogP contribution < -0.4 is 10.2 Å². The molecule has 1 aliphatic heterocycles. The van der Waals surface area contributed by atoms with Crippen molar-refractivity contribution in [2.24, 2.45) is 0 Å². The number of hydrogen-bond acceptors (Lipinski definition) is 6. The topological polar surface area (TPSA) is 74.2 Å². The number of halogens is 1. The van der Waals surface area contributed by atoms with Gasteiger partial charge in [-0.3, -0.25) is 5.32 Å². The third-order valence-electron chi connectivity index (χ3n) is 4.78. The van der Waals surface area contributed by atoms with E-state index in [9.17, 15) is 9.18 Å². The van der Waals surface area contributed by atoms with E-state index >= 15 is 0 Å². The molecule has 2 amide bonds. The number of piperazine rings is 1. The number of nitrogens with one attached hydrogen (secondary N) is 1. The van der Waals surface area contributed by atoms with Crippen molar-refractivity contribution in [2.75, 3.05) is 36.4 Å². The largest absolute Gasteiger partial charge is 0.337 e. The summed E-state index contributed by atoms with van der Waals surface area (Å²) in [5.41, 5.74) is 1.51. The molecule has 0 unspecified atom stereocenters. The number of hydrogen-bond donors (Lipinski definition) is 1. The van der Waals surface area contributed by atoms with Gasteiger partial charge in [0, 0.05) is 56.1 Å². The molecule has 7 nitrogen and oxygen atoms in total. The van der Waals surface area contributed by atoms with Crippen molar-refractivity contribution in [2.45, 2.75) is 13.3 Å². The van der Waals surface area contributed by atoms with Crippen LogP contribution in [-0.4, -0.2) is 52.1 Å². The number of rotatable bonds is 4. The molecule has 0 saturated carbocycles. The normalized spacial score (nSPS) is 14.1. The summed E-state index contributed by atoms with van der Waals surface area (Å²) < 4.78 is 13.7. The fraction of sp³-hybridized carbons (Fsp3) is 0.300. The highest BCUT2D eigenvalue weighted by Crippen LogP contribution is 2.22. The molecule has 1 fully saturated rings. The fourth-order valence-electron chi connectivity index (χ4n) is 3.13. The summed E-state index contributed by atoms with van der Waals surface area (Å²) in [5.74, 6) is 0.477. The minimum Gasteiger partial charge on any atom is -0.337 e. The Morgan fingerprint density at radius 1 is 1.17 bits per heavy atom. The van der Waals surface area contributed by atoms with Gasteiger partial charge in [0.15, 0.2) is 5.13 Å². The van der Waals surface area contributed by atoms with Crippen LogP contribution >= 0.6 is 11.3 Å². The maximum Gasteiger partial charge on any atom is 0.323 e. The number of carbonyl (C=O) groups is 1. The van der Waals surface area contributed by atoms with E-state index in [1.165, 1.54) is 11.3 Å². The Kier molecular flexibility index (Phi) is 5.66. The number of amides is 2. The molecule has 1 saturated heterocycles. The van der Waals surface area contributed by atoms with Crippen molar-refractivity contribution < 1.29 is 9.18 Å². The molecule has 3 aromatic rings. The molecule has 4 rings (SSSR count). The van der Waals surface area contributed by atoms with Crippen LogP contribution in [0.25, 0.3) is 0 Å². The van der Waals surface area contributed by atoms with Crippen LogP contribution in [-0.2, 0) is 6.42 Å². The molecular weight excluding hydrogens is 391 g/mol. The van der Waals surface area contributed by atoms with E-state index in [1.807, 2.05) is 6.07 Å². The van der Waals surface area contributed by atoms with E-state index in [0.717, 1.165) is 10.4 Å². The quantitative estimate of drug-likeness (QED) is 0.712. The van der Waals surface area contributed by atoms with Crippen LogP contribution in [0.4, 0.5) is 20.3 Å². The lowest BCUT2D eigenvalue weighted by Gasteiger charge is -2.34. The zero-order valence-corrected chi connectivity index (χ0v) is 16.8. The molecule has 150 valence electrons. The Labute approximate surface area is 172 Å². The number of carbonyl (C=O) groups excluding carboxylic acids is 1. The molecule has 1 N–H and O–H groups in total. The molecule has 1 aromatic carbocycles. The Balaban J connectivity index is 1.31. The van der Waals surface area contributed by atoms with E-state index in [2.05, 4.69) is 25.2 Å². The average molecular weight is 412 g/mol. The molecule has 1 aliphatic rings. The second-order valence-electron chi connectivity index (χ2n) is 6.85. The predicted molar refractivity (Wildman–Crippen MR) is 111 cm³/mol. The van der Waals surface area contributed by atoms with Crippen LogP contribution in [0.5, 0.6) is 0 Å². The molecule has 0 radical (unpaired) electrons. The Morgan fingerprint density at radius 2 is 1.93 bits per heavy atom. The number of anilines is 2. The molecule has 2 aromatic heterocycles. The molecule has 0 atom stereocenters. The monoisotopic (exact) mass is 412 g/mol. The van der Waals surface area contributed by atoms with Gasteiger partial charge in [-0.05, 0) is 30.2 Å². The highest BCUT2D eigenvalue weighted by molar-refractivity contribution is 7.15. The van der Waals surface area contributed by atoms with Gasteiger partial charge in [-0.15, -0.1) is 11.3 Å². The van der Waals surface area contributed by atoms with E-state index in [-0.39, 0.29) is 11.8 Å². The second-order valence-corrected chi connectivity index (χ2v) is 7.96. The molecule has 29 heavy (non-hydrogen) atoms. The van der Waals surface area contributed by atoms with Crippen LogP contribution in [0.2, 0.25) is 0 Å². The number of benzene rings is 1. The highest BCUT2D eigenvalue weighted by atomic mass is 32.1. The Bertz CT molecular complexity index is 988. The second kappa shape index (κ2) is 8.52. The minimum absolute atomic E-state index is 0.166. The summed E-state index contributed by atoms with van der Waals surface area (Å²) >= 11 is 1.40. The zero-order chi connectivity index (χ0) is 20.2. The molecule has 3 heterocycles. The van der Waals surface area contributed by atoms with Crippen LogP contribution in [0.3, 0.4) is 0 Å². The van der Waals surface area contributed by atoms with Crippen molar-refractivity contribution in [3.63, 3.8) is 0 Å². The number of urea groups is 1. The molecule has 0 bridgehead atoms. The van der Waals surface area contributed by atoms with E-state index in [0.29, 0.717) is 49.2 Å². The summed E-state index contributed by atoms with van der Waals surface area (Å²) in [4.78, 5) is 30.1. The maximum absolute atomic E-state index is 13.7. The van der Waals surface area contributed by atoms with Gasteiger partial charge >= 0.3 is 6.03 Å². The Hall–Kier alpha value is -3.07. The number of aryl methyl sites for hydroxylation is 1. The van der Waals surface area contributed by atoms with Gasteiger partial charge in [0.25, 0.3) is 0 Å². The van der Waals surface area contributed by atoms with Crippen molar-refractivity contribution in [3.05, 3.63) is 64.7 Å². The average Bonchev–Trinajstić information content (AvgIpc) is 3.18. The van der Waals surface area contributed by atoms with Crippen LogP contribution in [0, 0.1) is 12.7 Å². The summed E-state index contributed by atoms with van der Waals surface area (Å²) in [5, 5.41) is 3.41. The lowest BCUT2D eigenvalue weighted by atomic mass is 10.1. The smallest absolute Gasteiger partial charge is 0.323 e. The number of nitrogens with zero attached hydrogens (tertiary/aromatic N) is 5. The van der Waals surface area contributed by atoms with Crippen LogP contribution in [0.15, 0.2) is 42.9 Å². The summed E-state index contributed by atoms with van der Waals surface area (Å²) in [6, 6.07) is 6.84. The highest BCUT2D eigenvalue weighted by Gasteiger charge is 2.23. The summed E-state index contributed by atoms with van der Waals surface area (Å²) in [7, 11) is 0. The predicted octanol–water partition coefficient (Wildman–Crippen LogP) is 3.33. The summed E-state index contributed by atoms with van der Waals surface area (Å²) in [6.07, 6.45) is 5.74. The third-order valence-corrected chi connectivity index (χ3v) is 5.70. The SMILES string of the molecule is Cc1ccc(Cc2cnc(NC(=O)N3CCN(c4ncccn4)CC3)s2)cc1F. The van der Waals surface area contributed by atoms with Crippen molar-refractivity contribution in [1.82, 2.24) is 19.9 Å². The number of aromatic nitrogens is 3. The van der Waals surface area contributed by atoms with Gasteiger partial charge in [-0.2, -0.15) is 0 Å². The Morgan fingerprint density at radius 3 is 2.66 bits per heavy atom. The molecule has 0 spiro atoms. The first-order valence-electron chi connectivity index (χ1n) is 9.36. The van der Waals surface area contributed by atoms with Gasteiger partial charge in [-0.1, -0.05) is 12.1 Å². The van der Waals surface area contributed by atoms with Gasteiger partial charge in [0.1, 0.15) is 5.82 Å². The lowest BCUT2D eigenvalue weighted by Crippen LogP contribution is -2.50. The third kappa shape index (κ3) is 4.68. The summed E-state index contributed by atoms with van der Waals surface area (Å²) in [6.45, 7) is 4.28. The first kappa shape index (κ1) is 19.3. The van der Waals surface area contributed by atoms with E-state index < -0.39 is 0 Å². The van der Waals surface area contributed by atoms with Crippen molar-refractivity contribution in [3.8, 4) is 0 Å². The van der Waals surface area contributed by atoms with Gasteiger partial charge < -0.3 is 9.80 Å².